The zero-order valence-corrected chi connectivity index (χ0v) is 15.0. The van der Waals surface area contributed by atoms with Crippen LogP contribution in [0.1, 0.15) is 11.3 Å². The number of halogens is 2. The van der Waals surface area contributed by atoms with Gasteiger partial charge in [0.2, 0.25) is 0 Å². The van der Waals surface area contributed by atoms with Gasteiger partial charge in [0.1, 0.15) is 23.1 Å². The molecule has 0 unspecified atom stereocenters. The molecule has 1 aliphatic rings. The van der Waals surface area contributed by atoms with Gasteiger partial charge in [-0.05, 0) is 54.6 Å². The van der Waals surface area contributed by atoms with Gasteiger partial charge in [-0.2, -0.15) is 0 Å². The number of hydrogen-bond donors (Lipinski definition) is 0. The Morgan fingerprint density at radius 1 is 1.08 bits per heavy atom. The number of benzene rings is 2. The Bertz CT molecular complexity index is 1020. The molecular formula is C20H12BrFN2O2. The Hall–Kier alpha value is -2.99. The molecule has 2 aromatic carbocycles. The molecule has 2 heterocycles. The van der Waals surface area contributed by atoms with Crippen LogP contribution in [0.2, 0.25) is 0 Å². The van der Waals surface area contributed by atoms with Gasteiger partial charge in [0.15, 0.2) is 0 Å². The number of furan rings is 1. The van der Waals surface area contributed by atoms with Crippen molar-refractivity contribution >= 4 is 39.4 Å². The zero-order valence-electron chi connectivity index (χ0n) is 13.4. The van der Waals surface area contributed by atoms with Crippen molar-refractivity contribution in [1.29, 1.82) is 0 Å². The van der Waals surface area contributed by atoms with E-state index in [0.717, 1.165) is 4.47 Å². The van der Waals surface area contributed by atoms with E-state index in [9.17, 15) is 9.18 Å². The van der Waals surface area contributed by atoms with E-state index in [1.54, 1.807) is 30.3 Å². The van der Waals surface area contributed by atoms with Crippen LogP contribution >= 0.6 is 15.9 Å². The number of anilines is 1. The van der Waals surface area contributed by atoms with Crippen LogP contribution in [0.5, 0.6) is 0 Å². The zero-order chi connectivity index (χ0) is 18.1. The van der Waals surface area contributed by atoms with E-state index in [-0.39, 0.29) is 17.4 Å². The Balaban J connectivity index is 1.84. The maximum Gasteiger partial charge on any atom is 0.282 e. The highest BCUT2D eigenvalue weighted by Gasteiger charge is 2.32. The lowest BCUT2D eigenvalue weighted by Gasteiger charge is -2.18. The van der Waals surface area contributed by atoms with Gasteiger partial charge in [-0.1, -0.05) is 22.0 Å². The van der Waals surface area contributed by atoms with E-state index in [4.69, 9.17) is 4.42 Å². The van der Waals surface area contributed by atoms with Gasteiger partial charge in [0, 0.05) is 16.1 Å². The van der Waals surface area contributed by atoms with Gasteiger partial charge in [-0.25, -0.2) is 9.38 Å². The number of carbonyl (C=O) groups excluding carboxylic acids is 1. The van der Waals surface area contributed by atoms with Crippen molar-refractivity contribution in [2.24, 2.45) is 4.99 Å². The summed E-state index contributed by atoms with van der Waals surface area (Å²) in [4.78, 5) is 19.0. The summed E-state index contributed by atoms with van der Waals surface area (Å²) in [5, 5.41) is 0. The van der Waals surface area contributed by atoms with Crippen LogP contribution in [-0.2, 0) is 4.79 Å². The summed E-state index contributed by atoms with van der Waals surface area (Å²) < 4.78 is 19.4. The molecule has 128 valence electrons. The van der Waals surface area contributed by atoms with Crippen molar-refractivity contribution in [3.63, 3.8) is 0 Å². The van der Waals surface area contributed by atoms with Gasteiger partial charge < -0.3 is 4.42 Å². The number of rotatable bonds is 3. The third kappa shape index (κ3) is 3.11. The van der Waals surface area contributed by atoms with Crippen molar-refractivity contribution in [1.82, 2.24) is 0 Å². The van der Waals surface area contributed by atoms with Gasteiger partial charge >= 0.3 is 0 Å². The van der Waals surface area contributed by atoms with Crippen LogP contribution in [0.3, 0.4) is 0 Å². The minimum absolute atomic E-state index is 0.249. The highest BCUT2D eigenvalue weighted by Crippen LogP contribution is 2.29. The summed E-state index contributed by atoms with van der Waals surface area (Å²) in [6.07, 6.45) is 3.12. The lowest BCUT2D eigenvalue weighted by atomic mass is 10.1. The number of carbonyl (C=O) groups is 1. The first-order chi connectivity index (χ1) is 12.6. The maximum atomic E-state index is 13.3. The first-order valence-corrected chi connectivity index (χ1v) is 8.61. The average molecular weight is 411 g/mol. The molecule has 1 amide bonds. The highest BCUT2D eigenvalue weighted by atomic mass is 79.9. The van der Waals surface area contributed by atoms with Crippen LogP contribution in [-0.4, -0.2) is 11.7 Å². The topological polar surface area (TPSA) is 45.8 Å². The normalized spacial score (nSPS) is 15.6. The molecule has 0 saturated carbocycles. The second kappa shape index (κ2) is 6.72. The number of nitrogens with zero attached hydrogens (tertiary/aromatic N) is 2. The predicted molar refractivity (Wildman–Crippen MR) is 101 cm³/mol. The molecule has 0 spiro atoms. The first-order valence-electron chi connectivity index (χ1n) is 7.82. The molecular weight excluding hydrogens is 399 g/mol. The third-order valence-corrected chi connectivity index (χ3v) is 4.34. The van der Waals surface area contributed by atoms with E-state index in [1.165, 1.54) is 23.3 Å². The smallest absolute Gasteiger partial charge is 0.282 e. The monoisotopic (exact) mass is 410 g/mol. The highest BCUT2D eigenvalue weighted by molar-refractivity contribution is 9.10. The van der Waals surface area contributed by atoms with Crippen LogP contribution in [0.25, 0.3) is 6.08 Å². The van der Waals surface area contributed by atoms with Crippen LogP contribution < -0.4 is 4.90 Å². The molecule has 3 aromatic rings. The Morgan fingerprint density at radius 2 is 1.88 bits per heavy atom. The number of aliphatic imine (C=N–C) groups is 1. The summed E-state index contributed by atoms with van der Waals surface area (Å²) in [6.45, 7) is 0. The predicted octanol–water partition coefficient (Wildman–Crippen LogP) is 5.02. The molecule has 4 nitrogen and oxygen atoms in total. The molecule has 6 heteroatoms. The van der Waals surface area contributed by atoms with Crippen molar-refractivity contribution in [3.8, 4) is 0 Å². The standard InChI is InChI=1S/C20H12BrFN2O2/c21-14-3-1-4-16(11-14)24-19(13-6-8-15(22)9-7-13)23-18(20(24)25)12-17-5-2-10-26-17/h1-12H/b18-12+. The lowest BCUT2D eigenvalue weighted by molar-refractivity contribution is -0.113. The number of amides is 1. The molecule has 0 radical (unpaired) electrons. The largest absolute Gasteiger partial charge is 0.465 e. The van der Waals surface area contributed by atoms with Crippen LogP contribution in [0.15, 0.2) is 86.5 Å². The Kier molecular flexibility index (Phi) is 4.26. The summed E-state index contributed by atoms with van der Waals surface area (Å²) >= 11 is 3.42. The molecule has 0 bridgehead atoms. The fourth-order valence-corrected chi connectivity index (χ4v) is 3.06. The maximum absolute atomic E-state index is 13.3. The van der Waals surface area contributed by atoms with Gasteiger partial charge in [-0.3, -0.25) is 9.69 Å². The van der Waals surface area contributed by atoms with Crippen LogP contribution in [0, 0.1) is 5.82 Å². The number of hydrogen-bond acceptors (Lipinski definition) is 3. The molecule has 26 heavy (non-hydrogen) atoms. The van der Waals surface area contributed by atoms with E-state index in [2.05, 4.69) is 20.9 Å². The molecule has 0 N–H and O–H groups in total. The van der Waals surface area contributed by atoms with E-state index in [1.807, 2.05) is 24.3 Å². The molecule has 0 aliphatic carbocycles. The summed E-state index contributed by atoms with van der Waals surface area (Å²) in [7, 11) is 0. The molecule has 0 fully saturated rings. The van der Waals surface area contributed by atoms with Crippen LogP contribution in [0.4, 0.5) is 10.1 Å². The summed E-state index contributed by atoms with van der Waals surface area (Å²) in [5.41, 5.74) is 1.55. The molecule has 4 rings (SSSR count). The minimum Gasteiger partial charge on any atom is -0.465 e. The van der Waals surface area contributed by atoms with Crippen molar-refractivity contribution < 1.29 is 13.6 Å². The lowest BCUT2D eigenvalue weighted by Crippen LogP contribution is -2.32. The molecule has 1 aromatic heterocycles. The minimum atomic E-state index is -0.348. The average Bonchev–Trinajstić information content (AvgIpc) is 3.25. The second-order valence-electron chi connectivity index (χ2n) is 5.61. The Labute approximate surface area is 157 Å². The quantitative estimate of drug-likeness (QED) is 0.569. The SMILES string of the molecule is O=C1/C(=C\c2ccco2)N=C(c2ccc(F)cc2)N1c1cccc(Br)c1. The van der Waals surface area contributed by atoms with E-state index in [0.29, 0.717) is 22.8 Å². The third-order valence-electron chi connectivity index (χ3n) is 3.85. The van der Waals surface area contributed by atoms with Gasteiger partial charge in [0.05, 0.1) is 12.0 Å². The summed E-state index contributed by atoms with van der Waals surface area (Å²) in [6, 6.07) is 16.7. The van der Waals surface area contributed by atoms with E-state index >= 15 is 0 Å². The fourth-order valence-electron chi connectivity index (χ4n) is 2.67. The fraction of sp³-hybridized carbons (Fsp3) is 0. The van der Waals surface area contributed by atoms with Gasteiger partial charge in [0.25, 0.3) is 5.91 Å². The molecule has 0 atom stereocenters. The van der Waals surface area contributed by atoms with E-state index < -0.39 is 0 Å². The van der Waals surface area contributed by atoms with Crippen molar-refractivity contribution in [2.45, 2.75) is 0 Å². The Morgan fingerprint density at radius 3 is 2.58 bits per heavy atom. The van der Waals surface area contributed by atoms with Gasteiger partial charge in [-0.15, -0.1) is 0 Å². The first kappa shape index (κ1) is 16.5. The molecule has 0 saturated heterocycles. The van der Waals surface area contributed by atoms with Crippen molar-refractivity contribution in [2.75, 3.05) is 4.90 Å². The molecule has 1 aliphatic heterocycles. The second-order valence-corrected chi connectivity index (χ2v) is 6.52. The number of amidine groups is 1. The summed E-state index contributed by atoms with van der Waals surface area (Å²) in [5.74, 6) is 0.343. The van der Waals surface area contributed by atoms with Crippen molar-refractivity contribution in [3.05, 3.63) is 94.2 Å².